The Balaban J connectivity index is 1.76. The van der Waals surface area contributed by atoms with E-state index in [0.717, 1.165) is 25.2 Å². The van der Waals surface area contributed by atoms with E-state index in [1.165, 1.54) is 0 Å². The molecule has 3 rings (SSSR count). The molecule has 2 atom stereocenters. The average Bonchev–Trinajstić information content (AvgIpc) is 2.74. The third kappa shape index (κ3) is 1.26. The predicted molar refractivity (Wildman–Crippen MR) is 52.5 cm³/mol. The van der Waals surface area contributed by atoms with E-state index in [0.29, 0.717) is 17.8 Å². The third-order valence-corrected chi connectivity index (χ3v) is 3.20. The van der Waals surface area contributed by atoms with Gasteiger partial charge in [-0.3, -0.25) is 4.79 Å². The van der Waals surface area contributed by atoms with E-state index in [9.17, 15) is 4.79 Å². The fourth-order valence-electron chi connectivity index (χ4n) is 2.36. The number of nitrogens with one attached hydrogen (secondary N) is 1. The second kappa shape index (κ2) is 3.06. The van der Waals surface area contributed by atoms with Gasteiger partial charge in [0.25, 0.3) is 5.91 Å². The van der Waals surface area contributed by atoms with E-state index in [4.69, 9.17) is 4.52 Å². The van der Waals surface area contributed by atoms with Crippen LogP contribution in [0.1, 0.15) is 22.7 Å². The molecule has 5 heteroatoms. The lowest BCUT2D eigenvalue weighted by Gasteiger charge is -2.43. The van der Waals surface area contributed by atoms with Crippen molar-refractivity contribution in [3.63, 3.8) is 0 Å². The number of aromatic nitrogens is 1. The van der Waals surface area contributed by atoms with Crippen LogP contribution in [0.15, 0.2) is 10.6 Å². The van der Waals surface area contributed by atoms with Gasteiger partial charge in [-0.1, -0.05) is 5.16 Å². The molecule has 2 aliphatic rings. The number of rotatable bonds is 1. The van der Waals surface area contributed by atoms with Gasteiger partial charge < -0.3 is 14.7 Å². The predicted octanol–water partition coefficient (Wildman–Crippen LogP) is 0.169. The van der Waals surface area contributed by atoms with Crippen LogP contribution in [-0.2, 0) is 0 Å². The summed E-state index contributed by atoms with van der Waals surface area (Å²) in [5.41, 5.74) is 0.750. The number of hydrogen-bond donors (Lipinski definition) is 1. The summed E-state index contributed by atoms with van der Waals surface area (Å²) in [6.07, 6.45) is 1.05. The van der Waals surface area contributed by atoms with Crippen LogP contribution in [0.4, 0.5) is 0 Å². The maximum absolute atomic E-state index is 11.9. The zero-order valence-electron chi connectivity index (χ0n) is 8.56. The molecular formula is C10H13N3O2. The minimum Gasteiger partial charge on any atom is -0.351 e. The Morgan fingerprint density at radius 3 is 3.27 bits per heavy atom. The quantitative estimate of drug-likeness (QED) is 0.713. The van der Waals surface area contributed by atoms with Gasteiger partial charge in [-0.25, -0.2) is 0 Å². The van der Waals surface area contributed by atoms with Crippen molar-refractivity contribution in [1.82, 2.24) is 15.4 Å². The summed E-state index contributed by atoms with van der Waals surface area (Å²) < 4.78 is 4.97. The molecule has 0 bridgehead atoms. The minimum absolute atomic E-state index is 0.0273. The lowest BCUT2D eigenvalue weighted by atomic mass is 9.97. The van der Waals surface area contributed by atoms with Crippen LogP contribution in [0.25, 0.3) is 0 Å². The highest BCUT2D eigenvalue weighted by atomic mass is 16.5. The molecule has 1 N–H and O–H groups in total. The first-order valence-corrected chi connectivity index (χ1v) is 5.23. The minimum atomic E-state index is -0.0273. The van der Waals surface area contributed by atoms with E-state index in [1.54, 1.807) is 6.07 Å². The molecule has 1 amide bonds. The van der Waals surface area contributed by atoms with Crippen LogP contribution in [0, 0.1) is 6.92 Å². The van der Waals surface area contributed by atoms with E-state index >= 15 is 0 Å². The standard InChI is InChI=1S/C10H13N3O2/c1-6-4-9(15-12-6)10(14)13-5-7-8(13)2-3-11-7/h4,7-8,11H,2-3,5H2,1H3. The molecule has 0 spiro atoms. The van der Waals surface area contributed by atoms with E-state index in [1.807, 2.05) is 11.8 Å². The molecular weight excluding hydrogens is 194 g/mol. The second-order valence-electron chi connectivity index (χ2n) is 4.21. The molecule has 2 saturated heterocycles. The summed E-state index contributed by atoms with van der Waals surface area (Å²) >= 11 is 0. The highest BCUT2D eigenvalue weighted by Crippen LogP contribution is 2.27. The van der Waals surface area contributed by atoms with Crippen molar-refractivity contribution >= 4 is 5.91 Å². The first-order chi connectivity index (χ1) is 7.25. The highest BCUT2D eigenvalue weighted by Gasteiger charge is 2.45. The molecule has 2 unspecified atom stereocenters. The van der Waals surface area contributed by atoms with Crippen molar-refractivity contribution in [2.75, 3.05) is 13.1 Å². The highest BCUT2D eigenvalue weighted by molar-refractivity contribution is 5.92. The van der Waals surface area contributed by atoms with Gasteiger partial charge in [0.2, 0.25) is 5.76 Å². The molecule has 5 nitrogen and oxygen atoms in total. The number of amides is 1. The first kappa shape index (κ1) is 8.91. The second-order valence-corrected chi connectivity index (χ2v) is 4.21. The van der Waals surface area contributed by atoms with Gasteiger partial charge in [-0.05, 0) is 19.9 Å². The van der Waals surface area contributed by atoms with Crippen molar-refractivity contribution in [3.8, 4) is 0 Å². The largest absolute Gasteiger partial charge is 0.351 e. The van der Waals surface area contributed by atoms with Gasteiger partial charge in [0.05, 0.1) is 11.7 Å². The van der Waals surface area contributed by atoms with Crippen LogP contribution in [0.3, 0.4) is 0 Å². The number of fused-ring (bicyclic) bond motifs is 1. The molecule has 3 heterocycles. The van der Waals surface area contributed by atoms with Crippen molar-refractivity contribution in [2.24, 2.45) is 0 Å². The topological polar surface area (TPSA) is 58.4 Å². The fraction of sp³-hybridized carbons (Fsp3) is 0.600. The summed E-state index contributed by atoms with van der Waals surface area (Å²) in [7, 11) is 0. The van der Waals surface area contributed by atoms with E-state index in [2.05, 4.69) is 10.5 Å². The Bertz CT molecular complexity index is 401. The lowest BCUT2D eigenvalue weighted by Crippen LogP contribution is -2.62. The Labute approximate surface area is 87.4 Å². The zero-order valence-corrected chi connectivity index (χ0v) is 8.56. The van der Waals surface area contributed by atoms with Crippen molar-refractivity contribution in [3.05, 3.63) is 17.5 Å². The van der Waals surface area contributed by atoms with Crippen molar-refractivity contribution in [1.29, 1.82) is 0 Å². The number of nitrogens with zero attached hydrogens (tertiary/aromatic N) is 2. The Hall–Kier alpha value is -1.36. The molecule has 1 aromatic rings. The number of carbonyl (C=O) groups is 1. The van der Waals surface area contributed by atoms with Gasteiger partial charge in [-0.15, -0.1) is 0 Å². The van der Waals surface area contributed by atoms with Gasteiger partial charge in [-0.2, -0.15) is 0 Å². The number of aryl methyl sites for hydroxylation is 1. The number of carbonyl (C=O) groups excluding carboxylic acids is 1. The van der Waals surface area contributed by atoms with Gasteiger partial charge in [0.1, 0.15) is 0 Å². The molecule has 0 radical (unpaired) electrons. The van der Waals surface area contributed by atoms with Crippen LogP contribution in [0.2, 0.25) is 0 Å². The lowest BCUT2D eigenvalue weighted by molar-refractivity contribution is 0.0371. The molecule has 0 aliphatic carbocycles. The molecule has 0 saturated carbocycles. The Kier molecular flexibility index (Phi) is 1.82. The summed E-state index contributed by atoms with van der Waals surface area (Å²) in [5.74, 6) is 0.332. The molecule has 80 valence electrons. The molecule has 1 aromatic heterocycles. The maximum atomic E-state index is 11.9. The fourth-order valence-corrected chi connectivity index (χ4v) is 2.36. The summed E-state index contributed by atoms with van der Waals surface area (Å²) in [6, 6.07) is 2.55. The smallest absolute Gasteiger partial charge is 0.292 e. The molecule has 0 aromatic carbocycles. The molecule has 2 aliphatic heterocycles. The SMILES string of the molecule is Cc1cc(C(=O)N2CC3NCCC32)on1. The van der Waals surface area contributed by atoms with E-state index < -0.39 is 0 Å². The van der Waals surface area contributed by atoms with Crippen LogP contribution in [0.5, 0.6) is 0 Å². The van der Waals surface area contributed by atoms with Crippen molar-refractivity contribution < 1.29 is 9.32 Å². The van der Waals surface area contributed by atoms with Gasteiger partial charge >= 0.3 is 0 Å². The van der Waals surface area contributed by atoms with Crippen molar-refractivity contribution in [2.45, 2.75) is 25.4 Å². The Morgan fingerprint density at radius 1 is 1.73 bits per heavy atom. The monoisotopic (exact) mass is 207 g/mol. The maximum Gasteiger partial charge on any atom is 0.292 e. The zero-order chi connectivity index (χ0) is 10.4. The summed E-state index contributed by atoms with van der Waals surface area (Å²) in [4.78, 5) is 13.8. The van der Waals surface area contributed by atoms with Crippen LogP contribution < -0.4 is 5.32 Å². The first-order valence-electron chi connectivity index (χ1n) is 5.23. The third-order valence-electron chi connectivity index (χ3n) is 3.20. The van der Waals surface area contributed by atoms with Gasteiger partial charge in [0.15, 0.2) is 0 Å². The van der Waals surface area contributed by atoms with Gasteiger partial charge in [0, 0.05) is 18.7 Å². The van der Waals surface area contributed by atoms with Crippen LogP contribution in [-0.4, -0.2) is 41.1 Å². The summed E-state index contributed by atoms with van der Waals surface area (Å²) in [6.45, 7) is 3.62. The van der Waals surface area contributed by atoms with Crippen LogP contribution >= 0.6 is 0 Å². The Morgan fingerprint density at radius 2 is 2.60 bits per heavy atom. The average molecular weight is 207 g/mol. The molecule has 2 fully saturated rings. The number of hydrogen-bond acceptors (Lipinski definition) is 4. The van der Waals surface area contributed by atoms with E-state index in [-0.39, 0.29) is 5.91 Å². The normalized spacial score (nSPS) is 28.7. The molecule has 15 heavy (non-hydrogen) atoms. The summed E-state index contributed by atoms with van der Waals surface area (Å²) in [5, 5.41) is 7.08. The number of likely N-dealkylation sites (tertiary alicyclic amines) is 1.